The largest absolute Gasteiger partial charge is 0.454 e. The van der Waals surface area contributed by atoms with E-state index in [1.807, 2.05) is 0 Å². The molecule has 9 heteroatoms. The molecule has 0 unspecified atom stereocenters. The molecular formula is C18H21N3O5S. The molecule has 0 saturated carbocycles. The fourth-order valence-corrected chi connectivity index (χ4v) is 3.55. The van der Waals surface area contributed by atoms with Crippen LogP contribution in [0, 0.1) is 0 Å². The van der Waals surface area contributed by atoms with Crippen molar-refractivity contribution in [2.75, 3.05) is 43.4 Å². The Morgan fingerprint density at radius 2 is 1.96 bits per heavy atom. The first-order valence-electron chi connectivity index (χ1n) is 8.45. The first-order valence-corrected chi connectivity index (χ1v) is 10.3. The molecule has 0 bridgehead atoms. The van der Waals surface area contributed by atoms with Crippen molar-refractivity contribution < 1.29 is 22.7 Å². The summed E-state index contributed by atoms with van der Waals surface area (Å²) < 4.78 is 36.9. The van der Waals surface area contributed by atoms with E-state index in [2.05, 4.69) is 4.98 Å². The van der Waals surface area contributed by atoms with E-state index in [1.54, 1.807) is 47.5 Å². The number of para-hydroxylation sites is 2. The maximum absolute atomic E-state index is 12.6. The van der Waals surface area contributed by atoms with Crippen LogP contribution in [-0.4, -0.2) is 63.3 Å². The minimum atomic E-state index is -3.71. The van der Waals surface area contributed by atoms with Gasteiger partial charge in [0.2, 0.25) is 15.9 Å². The number of anilines is 1. The maximum atomic E-state index is 12.6. The Morgan fingerprint density at radius 3 is 2.63 bits per heavy atom. The van der Waals surface area contributed by atoms with Crippen LogP contribution >= 0.6 is 0 Å². The molecule has 2 heterocycles. The van der Waals surface area contributed by atoms with Crippen molar-refractivity contribution >= 4 is 21.6 Å². The summed E-state index contributed by atoms with van der Waals surface area (Å²) >= 11 is 0. The van der Waals surface area contributed by atoms with Crippen LogP contribution in [0.15, 0.2) is 48.8 Å². The lowest BCUT2D eigenvalue weighted by molar-refractivity contribution is -0.133. The van der Waals surface area contributed by atoms with Crippen LogP contribution in [0.4, 0.5) is 5.69 Å². The number of nitrogens with zero attached hydrogens (tertiary/aromatic N) is 3. The third kappa shape index (κ3) is 4.95. The van der Waals surface area contributed by atoms with Gasteiger partial charge in [-0.1, -0.05) is 12.1 Å². The van der Waals surface area contributed by atoms with E-state index in [0.717, 1.165) is 10.6 Å². The Morgan fingerprint density at radius 1 is 1.22 bits per heavy atom. The molecule has 144 valence electrons. The van der Waals surface area contributed by atoms with E-state index in [1.165, 1.54) is 6.20 Å². The Balaban J connectivity index is 1.88. The number of benzene rings is 1. The number of rotatable bonds is 6. The zero-order valence-electron chi connectivity index (χ0n) is 14.9. The van der Waals surface area contributed by atoms with E-state index in [9.17, 15) is 13.2 Å². The van der Waals surface area contributed by atoms with Gasteiger partial charge >= 0.3 is 0 Å². The summed E-state index contributed by atoms with van der Waals surface area (Å²) in [5.74, 6) is 0.517. The zero-order valence-corrected chi connectivity index (χ0v) is 15.8. The minimum Gasteiger partial charge on any atom is -0.454 e. The van der Waals surface area contributed by atoms with Crippen molar-refractivity contribution in [3.8, 4) is 11.5 Å². The second-order valence-electron chi connectivity index (χ2n) is 6.02. The summed E-state index contributed by atoms with van der Waals surface area (Å²) in [7, 11) is -3.71. The highest BCUT2D eigenvalue weighted by Gasteiger charge is 2.27. The van der Waals surface area contributed by atoms with Crippen molar-refractivity contribution in [1.82, 2.24) is 9.88 Å². The van der Waals surface area contributed by atoms with E-state index in [0.29, 0.717) is 43.5 Å². The van der Waals surface area contributed by atoms with Crippen LogP contribution in [0.25, 0.3) is 0 Å². The van der Waals surface area contributed by atoms with E-state index >= 15 is 0 Å². The number of hydrogen-bond acceptors (Lipinski definition) is 6. The molecule has 0 atom stereocenters. The van der Waals surface area contributed by atoms with Crippen molar-refractivity contribution in [2.45, 2.75) is 0 Å². The molecule has 1 fully saturated rings. The minimum absolute atomic E-state index is 0.278. The predicted octanol–water partition coefficient (Wildman–Crippen LogP) is 1.50. The van der Waals surface area contributed by atoms with Crippen molar-refractivity contribution in [2.24, 2.45) is 0 Å². The van der Waals surface area contributed by atoms with Gasteiger partial charge < -0.3 is 14.4 Å². The third-order valence-electron chi connectivity index (χ3n) is 4.04. The predicted molar refractivity (Wildman–Crippen MR) is 100 cm³/mol. The number of pyridine rings is 1. The quantitative estimate of drug-likeness (QED) is 0.741. The van der Waals surface area contributed by atoms with Gasteiger partial charge in [0.05, 0.1) is 31.4 Å². The fraction of sp³-hybridized carbons (Fsp3) is 0.333. The van der Waals surface area contributed by atoms with Gasteiger partial charge in [0, 0.05) is 19.3 Å². The van der Waals surface area contributed by atoms with Gasteiger partial charge in [-0.05, 0) is 24.3 Å². The highest BCUT2D eigenvalue weighted by molar-refractivity contribution is 7.92. The molecule has 0 N–H and O–H groups in total. The lowest BCUT2D eigenvalue weighted by Crippen LogP contribution is -2.47. The number of sulfonamides is 1. The number of carbonyl (C=O) groups is 1. The van der Waals surface area contributed by atoms with Crippen LogP contribution < -0.4 is 9.04 Å². The molecule has 1 aromatic heterocycles. The standard InChI is InChI=1S/C18H21N3O5S/c1-27(23,24)21(14-18(22)20-9-11-25-12-10-20)16-6-2-3-7-17(16)26-15-5-4-8-19-13-15/h2-8,13H,9-12,14H2,1H3. The van der Waals surface area contributed by atoms with Gasteiger partial charge in [0.25, 0.3) is 0 Å². The molecule has 0 spiro atoms. The highest BCUT2D eigenvalue weighted by Crippen LogP contribution is 2.33. The number of aromatic nitrogens is 1. The van der Waals surface area contributed by atoms with Gasteiger partial charge in [0.1, 0.15) is 12.3 Å². The normalized spacial score (nSPS) is 14.6. The van der Waals surface area contributed by atoms with Crippen LogP contribution in [0.3, 0.4) is 0 Å². The fourth-order valence-electron chi connectivity index (χ4n) is 2.70. The van der Waals surface area contributed by atoms with Gasteiger partial charge in [-0.2, -0.15) is 0 Å². The summed E-state index contributed by atoms with van der Waals surface area (Å²) in [5, 5.41) is 0. The summed E-state index contributed by atoms with van der Waals surface area (Å²) in [5.41, 5.74) is 0.297. The first-order chi connectivity index (χ1) is 12.9. The Labute approximate surface area is 158 Å². The Kier molecular flexibility index (Phi) is 5.92. The average molecular weight is 391 g/mol. The SMILES string of the molecule is CS(=O)(=O)N(CC(=O)N1CCOCC1)c1ccccc1Oc1cccnc1. The third-order valence-corrected chi connectivity index (χ3v) is 5.17. The zero-order chi connectivity index (χ0) is 19.3. The molecule has 1 amide bonds. The van der Waals surface area contributed by atoms with E-state index < -0.39 is 10.0 Å². The lowest BCUT2D eigenvalue weighted by Gasteiger charge is -2.30. The van der Waals surface area contributed by atoms with Crippen LogP contribution in [0.2, 0.25) is 0 Å². The second kappa shape index (κ2) is 8.36. The number of carbonyl (C=O) groups excluding carboxylic acids is 1. The average Bonchev–Trinajstić information content (AvgIpc) is 2.67. The topological polar surface area (TPSA) is 89.0 Å². The van der Waals surface area contributed by atoms with Crippen LogP contribution in [0.5, 0.6) is 11.5 Å². The summed E-state index contributed by atoms with van der Waals surface area (Å²) in [4.78, 5) is 18.2. The molecule has 1 aromatic carbocycles. The number of morpholine rings is 1. The maximum Gasteiger partial charge on any atom is 0.243 e. The molecule has 1 aliphatic heterocycles. The van der Waals surface area contributed by atoms with E-state index in [4.69, 9.17) is 9.47 Å². The monoisotopic (exact) mass is 391 g/mol. The van der Waals surface area contributed by atoms with Gasteiger partial charge in [0.15, 0.2) is 5.75 Å². The van der Waals surface area contributed by atoms with Crippen molar-refractivity contribution in [3.63, 3.8) is 0 Å². The molecule has 0 aliphatic carbocycles. The molecule has 0 radical (unpaired) electrons. The Bertz CT molecular complexity index is 883. The summed E-state index contributed by atoms with van der Waals surface area (Å²) in [6, 6.07) is 10.1. The first kappa shape index (κ1) is 19.1. The smallest absolute Gasteiger partial charge is 0.243 e. The molecule has 3 rings (SSSR count). The molecule has 1 saturated heterocycles. The second-order valence-corrected chi connectivity index (χ2v) is 7.93. The number of hydrogen-bond donors (Lipinski definition) is 0. The number of ether oxygens (including phenoxy) is 2. The summed E-state index contributed by atoms with van der Waals surface area (Å²) in [6.07, 6.45) is 4.21. The van der Waals surface area contributed by atoms with E-state index in [-0.39, 0.29) is 12.5 Å². The van der Waals surface area contributed by atoms with Gasteiger partial charge in [-0.3, -0.25) is 14.1 Å². The number of amides is 1. The molecule has 2 aromatic rings. The lowest BCUT2D eigenvalue weighted by atomic mass is 10.3. The summed E-state index contributed by atoms with van der Waals surface area (Å²) in [6.45, 7) is 1.50. The van der Waals surface area contributed by atoms with Gasteiger partial charge in [-0.15, -0.1) is 0 Å². The van der Waals surface area contributed by atoms with Crippen molar-refractivity contribution in [3.05, 3.63) is 48.8 Å². The molecule has 1 aliphatic rings. The Hall–Kier alpha value is -2.65. The van der Waals surface area contributed by atoms with Crippen LogP contribution in [-0.2, 0) is 19.6 Å². The molecule has 27 heavy (non-hydrogen) atoms. The van der Waals surface area contributed by atoms with Gasteiger partial charge in [-0.25, -0.2) is 8.42 Å². The molecular weight excluding hydrogens is 370 g/mol. The van der Waals surface area contributed by atoms with Crippen LogP contribution in [0.1, 0.15) is 0 Å². The highest BCUT2D eigenvalue weighted by atomic mass is 32.2. The molecule has 8 nitrogen and oxygen atoms in total. The van der Waals surface area contributed by atoms with Crippen molar-refractivity contribution in [1.29, 1.82) is 0 Å².